The van der Waals surface area contributed by atoms with Crippen LogP contribution in [-0.4, -0.2) is 35.6 Å². The van der Waals surface area contributed by atoms with Gasteiger partial charge in [-0.2, -0.15) is 0 Å². The Morgan fingerprint density at radius 3 is 2.21 bits per heavy atom. The van der Waals surface area contributed by atoms with E-state index in [1.165, 1.54) is 4.57 Å². The maximum absolute atomic E-state index is 13.5. The van der Waals surface area contributed by atoms with Gasteiger partial charge in [-0.15, -0.1) is 34.0 Å². The van der Waals surface area contributed by atoms with Gasteiger partial charge in [0.25, 0.3) is 5.56 Å². The van der Waals surface area contributed by atoms with E-state index in [2.05, 4.69) is 4.98 Å². The van der Waals surface area contributed by atoms with Crippen LogP contribution in [0, 0.1) is 5.41 Å². The molecule has 0 spiro atoms. The first-order chi connectivity index (χ1) is 17.8. The minimum absolute atomic E-state index is 0. The number of aromatic nitrogens is 4. The fraction of sp³-hybridized carbons (Fsp3) is 0.296. The monoisotopic (exact) mass is 662 g/mol. The number of unbranched alkanes of at least 4 members (excludes halogenated alkanes) is 1. The zero-order chi connectivity index (χ0) is 26.5. The highest BCUT2D eigenvalue weighted by molar-refractivity contribution is 8.93. The molecule has 0 atom stereocenters. The smallest absolute Gasteiger partial charge is 0.332 e. The fourth-order valence-electron chi connectivity index (χ4n) is 4.48. The summed E-state index contributed by atoms with van der Waals surface area (Å²) < 4.78 is 4.51. The number of aliphatic carboxylic acids is 1. The SMILES string of the molecule is Br.Br.Cn1c(-c2ccc(C(=N)N)cc2)nc2c(=O)n(CCCCC(=O)O)c(=O)n(CCCc3ccccc3)c21. The molecule has 0 radical (unpaired) electrons. The molecule has 0 unspecified atom stereocenters. The summed E-state index contributed by atoms with van der Waals surface area (Å²) in [6, 6.07) is 17.0. The van der Waals surface area contributed by atoms with Crippen LogP contribution < -0.4 is 17.0 Å². The summed E-state index contributed by atoms with van der Waals surface area (Å²) in [6.45, 7) is 0.515. The van der Waals surface area contributed by atoms with Gasteiger partial charge in [0.15, 0.2) is 5.52 Å². The summed E-state index contributed by atoms with van der Waals surface area (Å²) in [7, 11) is 1.77. The van der Waals surface area contributed by atoms with Crippen molar-refractivity contribution >= 4 is 56.9 Å². The van der Waals surface area contributed by atoms with Gasteiger partial charge in [0, 0.05) is 37.7 Å². The number of carboxylic acids is 1. The second-order valence-corrected chi connectivity index (χ2v) is 8.99. The molecule has 4 N–H and O–H groups in total. The van der Waals surface area contributed by atoms with E-state index in [4.69, 9.17) is 16.2 Å². The van der Waals surface area contributed by atoms with Gasteiger partial charge in [-0.3, -0.25) is 24.1 Å². The van der Waals surface area contributed by atoms with Crippen LogP contribution in [0.5, 0.6) is 0 Å². The molecule has 0 fully saturated rings. The fourth-order valence-corrected chi connectivity index (χ4v) is 4.48. The Hall–Kier alpha value is -3.51. The lowest BCUT2D eigenvalue weighted by molar-refractivity contribution is -0.137. The van der Waals surface area contributed by atoms with E-state index in [0.29, 0.717) is 42.8 Å². The first-order valence-corrected chi connectivity index (χ1v) is 12.2. The molecule has 0 aliphatic heterocycles. The number of imidazole rings is 1. The molecule has 10 nitrogen and oxygen atoms in total. The molecule has 2 aromatic heterocycles. The normalized spacial score (nSPS) is 10.6. The third-order valence-electron chi connectivity index (χ3n) is 6.40. The number of nitrogen functional groups attached to an aromatic ring is 1. The third-order valence-corrected chi connectivity index (χ3v) is 6.40. The number of benzene rings is 2. The van der Waals surface area contributed by atoms with Crippen molar-refractivity contribution in [2.45, 2.75) is 45.2 Å². The van der Waals surface area contributed by atoms with E-state index < -0.39 is 17.2 Å². The van der Waals surface area contributed by atoms with Gasteiger partial charge >= 0.3 is 11.7 Å². The Morgan fingerprint density at radius 1 is 0.949 bits per heavy atom. The van der Waals surface area contributed by atoms with E-state index in [-0.39, 0.29) is 58.3 Å². The molecule has 12 heteroatoms. The van der Waals surface area contributed by atoms with Gasteiger partial charge < -0.3 is 15.4 Å². The van der Waals surface area contributed by atoms with Crippen molar-refractivity contribution in [3.05, 3.63) is 86.6 Å². The van der Waals surface area contributed by atoms with Gasteiger partial charge in [0.2, 0.25) is 0 Å². The van der Waals surface area contributed by atoms with E-state index in [1.807, 2.05) is 30.3 Å². The van der Waals surface area contributed by atoms with E-state index >= 15 is 0 Å². The number of nitrogens with one attached hydrogen (secondary N) is 1. The molecule has 2 aromatic carbocycles. The van der Waals surface area contributed by atoms with Crippen molar-refractivity contribution in [3.63, 3.8) is 0 Å². The Bertz CT molecular complexity index is 1560. The second kappa shape index (κ2) is 14.0. The van der Waals surface area contributed by atoms with Crippen LogP contribution in [0.1, 0.15) is 36.8 Å². The number of nitrogens with two attached hydrogens (primary N) is 1. The Morgan fingerprint density at radius 2 is 1.59 bits per heavy atom. The largest absolute Gasteiger partial charge is 0.481 e. The lowest BCUT2D eigenvalue weighted by Gasteiger charge is -2.13. The number of halogens is 2. The molecule has 39 heavy (non-hydrogen) atoms. The van der Waals surface area contributed by atoms with Crippen molar-refractivity contribution in [1.82, 2.24) is 18.7 Å². The zero-order valence-corrected chi connectivity index (χ0v) is 24.9. The number of fused-ring (bicyclic) bond motifs is 1. The molecule has 4 aromatic rings. The van der Waals surface area contributed by atoms with Crippen molar-refractivity contribution < 1.29 is 9.90 Å². The predicted octanol–water partition coefficient (Wildman–Crippen LogP) is 3.89. The molecular formula is C27H32Br2N6O4. The van der Waals surface area contributed by atoms with E-state index in [0.717, 1.165) is 17.5 Å². The van der Waals surface area contributed by atoms with E-state index in [1.54, 1.807) is 40.4 Å². The molecule has 0 aliphatic carbocycles. The minimum Gasteiger partial charge on any atom is -0.481 e. The molecule has 0 saturated carbocycles. The molecule has 0 amide bonds. The highest BCUT2D eigenvalue weighted by Gasteiger charge is 2.21. The summed E-state index contributed by atoms with van der Waals surface area (Å²) in [5.41, 5.74) is 7.73. The molecule has 0 saturated heterocycles. The Labute approximate surface area is 246 Å². The third kappa shape index (κ3) is 7.12. The zero-order valence-electron chi connectivity index (χ0n) is 21.5. The van der Waals surface area contributed by atoms with Gasteiger partial charge in [-0.05, 0) is 31.2 Å². The van der Waals surface area contributed by atoms with Crippen LogP contribution in [0.2, 0.25) is 0 Å². The van der Waals surface area contributed by atoms with Crippen LogP contribution >= 0.6 is 34.0 Å². The average Bonchev–Trinajstić information content (AvgIpc) is 3.23. The number of nitrogens with zero attached hydrogens (tertiary/aromatic N) is 4. The van der Waals surface area contributed by atoms with Crippen LogP contribution in [0.4, 0.5) is 0 Å². The first kappa shape index (κ1) is 31.7. The molecule has 208 valence electrons. The minimum atomic E-state index is -0.911. The van der Waals surface area contributed by atoms with E-state index in [9.17, 15) is 14.4 Å². The number of carboxylic acid groups (broad SMARTS) is 1. The van der Waals surface area contributed by atoms with Crippen LogP contribution in [0.15, 0.2) is 64.2 Å². The lowest BCUT2D eigenvalue weighted by atomic mass is 10.1. The number of carbonyl (C=O) groups is 1. The number of aryl methyl sites for hydroxylation is 3. The van der Waals surface area contributed by atoms with Crippen LogP contribution in [0.25, 0.3) is 22.6 Å². The number of amidine groups is 1. The average molecular weight is 664 g/mol. The Kier molecular flexibility index (Phi) is 11.4. The van der Waals surface area contributed by atoms with Crippen molar-refractivity contribution in [3.8, 4) is 11.4 Å². The van der Waals surface area contributed by atoms with Gasteiger partial charge in [-0.1, -0.05) is 54.6 Å². The summed E-state index contributed by atoms with van der Waals surface area (Å²) in [4.78, 5) is 42.4. The summed E-state index contributed by atoms with van der Waals surface area (Å²) in [5, 5.41) is 16.5. The lowest BCUT2D eigenvalue weighted by Crippen LogP contribution is -2.40. The number of rotatable bonds is 11. The van der Waals surface area contributed by atoms with Crippen molar-refractivity contribution in [2.75, 3.05) is 0 Å². The quantitative estimate of drug-likeness (QED) is 0.126. The molecular weight excluding hydrogens is 632 g/mol. The van der Waals surface area contributed by atoms with Gasteiger partial charge in [-0.25, -0.2) is 9.78 Å². The standard InChI is InChI=1S/C27H30N6O4.2BrH/c1-31-24(20-14-12-19(13-15-20)23(28)29)30-22-25(31)32(17-7-10-18-8-3-2-4-9-18)27(37)33(26(22)36)16-6-5-11-21(34)35;;/h2-4,8-9,12-15H,5-7,10-11,16-17H2,1H3,(H3,28,29)(H,34,35);2*1H. The van der Waals surface area contributed by atoms with Gasteiger partial charge in [0.1, 0.15) is 17.3 Å². The molecule has 4 rings (SSSR count). The van der Waals surface area contributed by atoms with Crippen molar-refractivity contribution in [1.29, 1.82) is 5.41 Å². The van der Waals surface area contributed by atoms with Crippen molar-refractivity contribution in [2.24, 2.45) is 12.8 Å². The van der Waals surface area contributed by atoms with Gasteiger partial charge in [0.05, 0.1) is 0 Å². The maximum atomic E-state index is 13.5. The number of hydrogen-bond acceptors (Lipinski definition) is 5. The summed E-state index contributed by atoms with van der Waals surface area (Å²) in [5.74, 6) is -0.442. The Balaban J connectivity index is 0.00000267. The highest BCUT2D eigenvalue weighted by Crippen LogP contribution is 2.22. The van der Waals surface area contributed by atoms with Crippen LogP contribution in [0.3, 0.4) is 0 Å². The maximum Gasteiger partial charge on any atom is 0.332 e. The topological polar surface area (TPSA) is 149 Å². The molecule has 0 aliphatic rings. The van der Waals surface area contributed by atoms with Crippen LogP contribution in [-0.2, 0) is 31.4 Å². The highest BCUT2D eigenvalue weighted by atomic mass is 79.9. The summed E-state index contributed by atoms with van der Waals surface area (Å²) in [6.07, 6.45) is 2.19. The molecule has 2 heterocycles. The predicted molar refractivity (Wildman–Crippen MR) is 163 cm³/mol. The molecule has 0 bridgehead atoms. The summed E-state index contributed by atoms with van der Waals surface area (Å²) >= 11 is 0. The number of hydrogen-bond donors (Lipinski definition) is 3. The second-order valence-electron chi connectivity index (χ2n) is 8.99. The first-order valence-electron chi connectivity index (χ1n) is 12.2.